The molecule has 1 fully saturated rings. The van der Waals surface area contributed by atoms with E-state index >= 15 is 0 Å². The molecule has 2 aromatic carbocycles. The van der Waals surface area contributed by atoms with Crippen LogP contribution in [0.1, 0.15) is 18.1 Å². The molecule has 1 atom stereocenters. The first-order valence-corrected chi connectivity index (χ1v) is 12.0. The van der Waals surface area contributed by atoms with Gasteiger partial charge in [0.15, 0.2) is 5.16 Å². The molecule has 0 aliphatic carbocycles. The van der Waals surface area contributed by atoms with Gasteiger partial charge in [0.05, 0.1) is 30.2 Å². The van der Waals surface area contributed by atoms with Crippen molar-refractivity contribution in [2.75, 3.05) is 44.3 Å². The summed E-state index contributed by atoms with van der Waals surface area (Å²) in [5.41, 5.74) is 5.96. The number of aromatic amines is 1. The predicted octanol–water partition coefficient (Wildman–Crippen LogP) is 3.71. The topological polar surface area (TPSA) is 61.5 Å². The summed E-state index contributed by atoms with van der Waals surface area (Å²) in [7, 11) is 0. The average molecular weight is 437 g/mol. The number of imidazole rings is 1. The van der Waals surface area contributed by atoms with E-state index in [-0.39, 0.29) is 11.8 Å². The van der Waals surface area contributed by atoms with Gasteiger partial charge in [-0.25, -0.2) is 4.98 Å². The molecule has 3 aromatic rings. The van der Waals surface area contributed by atoms with Gasteiger partial charge in [-0.05, 0) is 36.6 Å². The van der Waals surface area contributed by atoms with E-state index < -0.39 is 0 Å². The standard InChI is InChI=1S/C24H28N4O2S/c1-2-27-15-19(23(29)28-10-12-30-13-11-28)14-17-6-5-7-18(22(17)27)16-31-24-25-20-8-3-4-9-21(20)26-24/h3-9,19H,2,10-16H2,1H3,(H,25,26). The average Bonchev–Trinajstić information content (AvgIpc) is 3.25. The van der Waals surface area contributed by atoms with E-state index in [1.165, 1.54) is 16.8 Å². The van der Waals surface area contributed by atoms with E-state index in [0.29, 0.717) is 26.3 Å². The normalized spacial score (nSPS) is 18.9. The molecule has 5 rings (SSSR count). The van der Waals surface area contributed by atoms with Crippen molar-refractivity contribution in [1.29, 1.82) is 0 Å². The molecule has 3 heterocycles. The van der Waals surface area contributed by atoms with Gasteiger partial charge >= 0.3 is 0 Å². The summed E-state index contributed by atoms with van der Waals surface area (Å²) in [5, 5.41) is 0.943. The molecule has 0 bridgehead atoms. The van der Waals surface area contributed by atoms with Crippen LogP contribution in [-0.2, 0) is 21.7 Å². The SMILES string of the molecule is CCN1CC(C(=O)N2CCOCC2)Cc2cccc(CSc3nc4ccccc4[nH]3)c21. The Bertz CT molecular complexity index is 1040. The van der Waals surface area contributed by atoms with Gasteiger partial charge in [-0.2, -0.15) is 0 Å². The zero-order valence-corrected chi connectivity index (χ0v) is 18.7. The molecule has 6 nitrogen and oxygen atoms in total. The molecule has 1 unspecified atom stereocenters. The number of rotatable bonds is 5. The van der Waals surface area contributed by atoms with Crippen LogP contribution in [0.5, 0.6) is 0 Å². The van der Waals surface area contributed by atoms with Crippen LogP contribution >= 0.6 is 11.8 Å². The van der Waals surface area contributed by atoms with Crippen molar-refractivity contribution in [3.63, 3.8) is 0 Å². The van der Waals surface area contributed by atoms with E-state index in [9.17, 15) is 4.79 Å². The Balaban J connectivity index is 1.35. The Kier molecular flexibility index (Phi) is 5.87. The van der Waals surface area contributed by atoms with Gasteiger partial charge in [0.2, 0.25) is 5.91 Å². The lowest BCUT2D eigenvalue weighted by Crippen LogP contribution is -2.48. The van der Waals surface area contributed by atoms with Crippen LogP contribution < -0.4 is 4.90 Å². The van der Waals surface area contributed by atoms with Gasteiger partial charge in [-0.1, -0.05) is 42.1 Å². The fourth-order valence-corrected chi connectivity index (χ4v) is 5.53. The van der Waals surface area contributed by atoms with Crippen molar-refractivity contribution in [3.05, 3.63) is 53.6 Å². The van der Waals surface area contributed by atoms with Crippen LogP contribution in [0.3, 0.4) is 0 Å². The van der Waals surface area contributed by atoms with E-state index in [4.69, 9.17) is 9.72 Å². The zero-order valence-electron chi connectivity index (χ0n) is 17.8. The van der Waals surface area contributed by atoms with E-state index in [0.717, 1.165) is 41.5 Å². The third kappa shape index (κ3) is 4.16. The van der Waals surface area contributed by atoms with Crippen molar-refractivity contribution < 1.29 is 9.53 Å². The monoisotopic (exact) mass is 436 g/mol. The summed E-state index contributed by atoms with van der Waals surface area (Å²) >= 11 is 1.73. The van der Waals surface area contributed by atoms with Gasteiger partial charge < -0.3 is 19.5 Å². The second-order valence-electron chi connectivity index (χ2n) is 8.15. The number of nitrogens with one attached hydrogen (secondary N) is 1. The van der Waals surface area contributed by atoms with Gasteiger partial charge in [0, 0.05) is 37.6 Å². The summed E-state index contributed by atoms with van der Waals surface area (Å²) in [6.07, 6.45) is 0.811. The molecule has 2 aliphatic rings. The highest BCUT2D eigenvalue weighted by Crippen LogP contribution is 2.36. The number of H-pyrrole nitrogens is 1. The molecule has 0 radical (unpaired) electrons. The molecule has 0 spiro atoms. The molecule has 1 saturated heterocycles. The molecule has 1 N–H and O–H groups in total. The Morgan fingerprint density at radius 2 is 2.03 bits per heavy atom. The van der Waals surface area contributed by atoms with Crippen molar-refractivity contribution >= 4 is 34.4 Å². The van der Waals surface area contributed by atoms with Crippen LogP contribution in [-0.4, -0.2) is 60.2 Å². The number of aromatic nitrogens is 2. The number of thioether (sulfide) groups is 1. The maximum absolute atomic E-state index is 13.1. The molecule has 31 heavy (non-hydrogen) atoms. The Labute approximate surface area is 187 Å². The van der Waals surface area contributed by atoms with Gasteiger partial charge in [0.1, 0.15) is 0 Å². The number of ether oxygens (including phenoxy) is 1. The number of benzene rings is 2. The number of morpholine rings is 1. The number of fused-ring (bicyclic) bond motifs is 2. The van der Waals surface area contributed by atoms with Crippen LogP contribution in [0.25, 0.3) is 11.0 Å². The summed E-state index contributed by atoms with van der Waals surface area (Å²) in [6, 6.07) is 14.7. The fourth-order valence-electron chi connectivity index (χ4n) is 4.66. The van der Waals surface area contributed by atoms with Crippen LogP contribution in [0.2, 0.25) is 0 Å². The van der Waals surface area contributed by atoms with Crippen LogP contribution in [0.4, 0.5) is 5.69 Å². The predicted molar refractivity (Wildman–Crippen MR) is 125 cm³/mol. The number of carbonyl (C=O) groups is 1. The lowest BCUT2D eigenvalue weighted by Gasteiger charge is -2.39. The Morgan fingerprint density at radius 3 is 2.84 bits per heavy atom. The molecule has 0 saturated carbocycles. The molecule has 7 heteroatoms. The maximum atomic E-state index is 13.1. The molecule has 1 amide bonds. The lowest BCUT2D eigenvalue weighted by molar-refractivity contribution is -0.139. The number of anilines is 1. The summed E-state index contributed by atoms with van der Waals surface area (Å²) in [6.45, 7) is 6.57. The van der Waals surface area contributed by atoms with E-state index in [1.807, 2.05) is 23.1 Å². The first-order chi connectivity index (χ1) is 15.2. The first-order valence-electron chi connectivity index (χ1n) is 11.0. The highest BCUT2D eigenvalue weighted by Gasteiger charge is 2.33. The Hall–Kier alpha value is -2.51. The van der Waals surface area contributed by atoms with Crippen LogP contribution in [0.15, 0.2) is 47.6 Å². The summed E-state index contributed by atoms with van der Waals surface area (Å²) < 4.78 is 5.42. The smallest absolute Gasteiger partial charge is 0.227 e. The maximum Gasteiger partial charge on any atom is 0.227 e. The van der Waals surface area contributed by atoms with Crippen LogP contribution in [0, 0.1) is 5.92 Å². The van der Waals surface area contributed by atoms with Crippen molar-refractivity contribution in [3.8, 4) is 0 Å². The van der Waals surface area contributed by atoms with Gasteiger partial charge in [-0.15, -0.1) is 0 Å². The Morgan fingerprint density at radius 1 is 1.19 bits per heavy atom. The number of carbonyl (C=O) groups excluding carboxylic acids is 1. The summed E-state index contributed by atoms with van der Waals surface area (Å²) in [5.74, 6) is 1.14. The highest BCUT2D eigenvalue weighted by molar-refractivity contribution is 7.98. The zero-order chi connectivity index (χ0) is 21.2. The lowest BCUT2D eigenvalue weighted by atomic mass is 9.89. The third-order valence-corrected chi connectivity index (χ3v) is 7.13. The second kappa shape index (κ2) is 8.93. The van der Waals surface area contributed by atoms with Crippen molar-refractivity contribution in [2.45, 2.75) is 24.3 Å². The fraction of sp³-hybridized carbons (Fsp3) is 0.417. The minimum absolute atomic E-state index is 0.0174. The molecular weight excluding hydrogens is 408 g/mol. The first kappa shape index (κ1) is 20.4. The number of para-hydroxylation sites is 3. The van der Waals surface area contributed by atoms with E-state index in [2.05, 4.69) is 41.1 Å². The quantitative estimate of drug-likeness (QED) is 0.618. The molecule has 162 valence electrons. The highest BCUT2D eigenvalue weighted by atomic mass is 32.2. The molecule has 2 aliphatic heterocycles. The molecular formula is C24H28N4O2S. The van der Waals surface area contributed by atoms with Gasteiger partial charge in [-0.3, -0.25) is 4.79 Å². The third-order valence-electron chi connectivity index (χ3n) is 6.21. The minimum atomic E-state index is 0.0174. The number of hydrogen-bond donors (Lipinski definition) is 1. The van der Waals surface area contributed by atoms with Gasteiger partial charge in [0.25, 0.3) is 0 Å². The number of amides is 1. The molecule has 1 aromatic heterocycles. The number of nitrogens with zero attached hydrogens (tertiary/aromatic N) is 3. The second-order valence-corrected chi connectivity index (χ2v) is 9.11. The largest absolute Gasteiger partial charge is 0.378 e. The summed E-state index contributed by atoms with van der Waals surface area (Å²) in [4.78, 5) is 25.6. The van der Waals surface area contributed by atoms with Crippen molar-refractivity contribution in [1.82, 2.24) is 14.9 Å². The number of hydrogen-bond acceptors (Lipinski definition) is 5. The van der Waals surface area contributed by atoms with E-state index in [1.54, 1.807) is 11.8 Å². The van der Waals surface area contributed by atoms with Crippen molar-refractivity contribution in [2.24, 2.45) is 5.92 Å². The minimum Gasteiger partial charge on any atom is -0.378 e.